The second kappa shape index (κ2) is 6.36. The molecule has 0 bridgehead atoms. The molecule has 3 rings (SSSR count). The lowest BCUT2D eigenvalue weighted by atomic mass is 9.73. The minimum Gasteiger partial charge on any atom is -0.465 e. The normalized spacial score (nSPS) is 15.1. The van der Waals surface area contributed by atoms with Crippen molar-refractivity contribution in [1.82, 2.24) is 0 Å². The van der Waals surface area contributed by atoms with E-state index in [1.807, 2.05) is 12.1 Å². The smallest absolute Gasteiger partial charge is 0.337 e. The second-order valence-corrected chi connectivity index (χ2v) is 7.28. The Kier molecular flexibility index (Phi) is 4.38. The molecule has 25 heavy (non-hydrogen) atoms. The van der Waals surface area contributed by atoms with Crippen molar-refractivity contribution in [3.05, 3.63) is 82.9 Å². The first-order valence-electron chi connectivity index (χ1n) is 8.53. The maximum Gasteiger partial charge on any atom is 0.337 e. The number of hydrogen-bond donors (Lipinski definition) is 0. The van der Waals surface area contributed by atoms with Crippen molar-refractivity contribution in [1.29, 1.82) is 0 Å². The molecule has 0 heterocycles. The highest BCUT2D eigenvalue weighted by atomic mass is 16.5. The van der Waals surface area contributed by atoms with E-state index < -0.39 is 0 Å². The van der Waals surface area contributed by atoms with Gasteiger partial charge in [0, 0.05) is 0 Å². The van der Waals surface area contributed by atoms with Crippen LogP contribution in [0.4, 0.5) is 0 Å². The third-order valence-electron chi connectivity index (χ3n) is 5.10. The molecular weight excluding hydrogens is 308 g/mol. The number of rotatable bonds is 3. The monoisotopic (exact) mass is 332 g/mol. The van der Waals surface area contributed by atoms with Gasteiger partial charge in [0.15, 0.2) is 0 Å². The van der Waals surface area contributed by atoms with Crippen LogP contribution in [-0.4, -0.2) is 13.1 Å². The van der Waals surface area contributed by atoms with Crippen LogP contribution in [0.25, 0.3) is 11.1 Å². The lowest BCUT2D eigenvalue weighted by Gasteiger charge is -2.31. The molecular formula is C23H24O2. The van der Waals surface area contributed by atoms with Crippen molar-refractivity contribution in [3.8, 4) is 0 Å². The molecule has 2 heteroatoms. The maximum atomic E-state index is 11.6. The molecule has 2 aromatic rings. The predicted molar refractivity (Wildman–Crippen MR) is 104 cm³/mol. The topological polar surface area (TPSA) is 26.3 Å². The summed E-state index contributed by atoms with van der Waals surface area (Å²) in [4.78, 5) is 11.6. The van der Waals surface area contributed by atoms with Crippen LogP contribution in [0.2, 0.25) is 0 Å². The lowest BCUT2D eigenvalue weighted by molar-refractivity contribution is 0.0600. The van der Waals surface area contributed by atoms with Gasteiger partial charge in [-0.25, -0.2) is 4.79 Å². The molecule has 0 fully saturated rings. The Morgan fingerprint density at radius 2 is 1.64 bits per heavy atom. The van der Waals surface area contributed by atoms with Gasteiger partial charge in [0.25, 0.3) is 0 Å². The minimum atomic E-state index is -0.325. The molecule has 0 amide bonds. The summed E-state index contributed by atoms with van der Waals surface area (Å²) in [7, 11) is 1.39. The van der Waals surface area contributed by atoms with E-state index in [2.05, 4.69) is 51.6 Å². The Balaban J connectivity index is 1.95. The first kappa shape index (κ1) is 17.2. The van der Waals surface area contributed by atoms with Gasteiger partial charge < -0.3 is 4.74 Å². The molecule has 0 aliphatic heterocycles. The van der Waals surface area contributed by atoms with Gasteiger partial charge in [0.2, 0.25) is 0 Å². The molecule has 2 aromatic carbocycles. The number of carbonyl (C=O) groups is 1. The molecule has 0 radical (unpaired) electrons. The zero-order valence-electron chi connectivity index (χ0n) is 15.3. The zero-order valence-corrected chi connectivity index (χ0v) is 15.3. The SMILES string of the molecule is C=C(c1ccc(C(=O)OC)cc1)c1ccc2c(c1)C(C)=CCC2(C)C. The Morgan fingerprint density at radius 3 is 2.28 bits per heavy atom. The first-order valence-corrected chi connectivity index (χ1v) is 8.53. The molecule has 0 spiro atoms. The lowest BCUT2D eigenvalue weighted by Crippen LogP contribution is -2.21. The van der Waals surface area contributed by atoms with Gasteiger partial charge in [-0.05, 0) is 70.4 Å². The molecule has 0 unspecified atom stereocenters. The largest absolute Gasteiger partial charge is 0.465 e. The summed E-state index contributed by atoms with van der Waals surface area (Å²) in [5, 5.41) is 0. The summed E-state index contributed by atoms with van der Waals surface area (Å²) in [5.41, 5.74) is 7.80. The van der Waals surface area contributed by atoms with Crippen molar-refractivity contribution >= 4 is 17.1 Å². The minimum absolute atomic E-state index is 0.164. The number of benzene rings is 2. The molecule has 128 valence electrons. The van der Waals surface area contributed by atoms with Crippen molar-refractivity contribution in [2.24, 2.45) is 0 Å². The average Bonchev–Trinajstić information content (AvgIpc) is 2.63. The number of carbonyl (C=O) groups excluding carboxylic acids is 1. The summed E-state index contributed by atoms with van der Waals surface area (Å²) in [6.45, 7) is 11.0. The van der Waals surface area contributed by atoms with E-state index in [0.29, 0.717) is 5.56 Å². The number of allylic oxidation sites excluding steroid dienone is 2. The number of fused-ring (bicyclic) bond motifs is 1. The van der Waals surface area contributed by atoms with Crippen molar-refractivity contribution < 1.29 is 9.53 Å². The average molecular weight is 332 g/mol. The van der Waals surface area contributed by atoms with E-state index >= 15 is 0 Å². The fourth-order valence-corrected chi connectivity index (χ4v) is 3.37. The number of ether oxygens (including phenoxy) is 1. The highest BCUT2D eigenvalue weighted by Gasteiger charge is 2.26. The summed E-state index contributed by atoms with van der Waals surface area (Å²) >= 11 is 0. The number of hydrogen-bond acceptors (Lipinski definition) is 2. The van der Waals surface area contributed by atoms with Gasteiger partial charge >= 0.3 is 5.97 Å². The van der Waals surface area contributed by atoms with E-state index in [0.717, 1.165) is 23.1 Å². The van der Waals surface area contributed by atoms with Gasteiger partial charge in [-0.2, -0.15) is 0 Å². The van der Waals surface area contributed by atoms with Gasteiger partial charge in [-0.1, -0.05) is 50.8 Å². The van der Waals surface area contributed by atoms with Crippen LogP contribution in [-0.2, 0) is 10.2 Å². The van der Waals surface area contributed by atoms with E-state index in [-0.39, 0.29) is 11.4 Å². The van der Waals surface area contributed by atoms with Crippen LogP contribution >= 0.6 is 0 Å². The van der Waals surface area contributed by atoms with Gasteiger partial charge in [0.05, 0.1) is 12.7 Å². The van der Waals surface area contributed by atoms with Crippen molar-refractivity contribution in [3.63, 3.8) is 0 Å². The zero-order chi connectivity index (χ0) is 18.2. The summed E-state index contributed by atoms with van der Waals surface area (Å²) in [6.07, 6.45) is 3.39. The first-order chi connectivity index (χ1) is 11.8. The highest BCUT2D eigenvalue weighted by Crippen LogP contribution is 2.40. The Labute approximate surface area is 149 Å². The predicted octanol–water partition coefficient (Wildman–Crippen LogP) is 5.62. The molecule has 0 saturated carbocycles. The summed E-state index contributed by atoms with van der Waals surface area (Å²) < 4.78 is 4.75. The molecule has 0 atom stereocenters. The molecule has 0 aromatic heterocycles. The standard InChI is InChI=1S/C23H24O2/c1-15-12-13-23(3,4)21-11-10-19(14-20(15)21)16(2)17-6-8-18(9-7-17)22(24)25-5/h6-12,14H,2,13H2,1,3-5H3. The van der Waals surface area contributed by atoms with Gasteiger partial charge in [-0.3, -0.25) is 0 Å². The molecule has 1 aliphatic carbocycles. The van der Waals surface area contributed by atoms with Crippen LogP contribution in [0.1, 0.15) is 59.8 Å². The second-order valence-electron chi connectivity index (χ2n) is 7.28. The summed E-state index contributed by atoms with van der Waals surface area (Å²) in [5.74, 6) is -0.325. The third kappa shape index (κ3) is 3.17. The summed E-state index contributed by atoms with van der Waals surface area (Å²) in [6, 6.07) is 14.0. The van der Waals surface area contributed by atoms with Crippen LogP contribution in [0.15, 0.2) is 55.1 Å². The van der Waals surface area contributed by atoms with Crippen LogP contribution in [0.5, 0.6) is 0 Å². The van der Waals surface area contributed by atoms with Crippen molar-refractivity contribution in [2.75, 3.05) is 7.11 Å². The molecule has 0 N–H and O–H groups in total. The number of esters is 1. The van der Waals surface area contributed by atoms with Crippen LogP contribution in [0.3, 0.4) is 0 Å². The Hall–Kier alpha value is -2.61. The van der Waals surface area contributed by atoms with Gasteiger partial charge in [0.1, 0.15) is 0 Å². The molecule has 1 aliphatic rings. The fraction of sp³-hybridized carbons (Fsp3) is 0.261. The quantitative estimate of drug-likeness (QED) is 0.682. The van der Waals surface area contributed by atoms with Crippen LogP contribution < -0.4 is 0 Å². The van der Waals surface area contributed by atoms with E-state index in [1.54, 1.807) is 12.1 Å². The molecule has 0 saturated heterocycles. The van der Waals surface area contributed by atoms with Crippen LogP contribution in [0, 0.1) is 0 Å². The fourth-order valence-electron chi connectivity index (χ4n) is 3.37. The third-order valence-corrected chi connectivity index (χ3v) is 5.10. The Morgan fingerprint density at radius 1 is 1.04 bits per heavy atom. The van der Waals surface area contributed by atoms with E-state index in [1.165, 1.54) is 23.8 Å². The van der Waals surface area contributed by atoms with E-state index in [4.69, 9.17) is 4.74 Å². The van der Waals surface area contributed by atoms with Gasteiger partial charge in [-0.15, -0.1) is 0 Å². The maximum absolute atomic E-state index is 11.6. The Bertz CT molecular complexity index is 867. The highest BCUT2D eigenvalue weighted by molar-refractivity contribution is 5.90. The van der Waals surface area contributed by atoms with E-state index in [9.17, 15) is 4.79 Å². The molecule has 2 nitrogen and oxygen atoms in total. The van der Waals surface area contributed by atoms with Crippen molar-refractivity contribution in [2.45, 2.75) is 32.6 Å². The number of methoxy groups -OCH3 is 1.